The number of hydrogen-bond donors (Lipinski definition) is 1. The van der Waals surface area contributed by atoms with Crippen molar-refractivity contribution in [3.63, 3.8) is 0 Å². The first kappa shape index (κ1) is 13.5. The van der Waals surface area contributed by atoms with Crippen molar-refractivity contribution in [2.75, 3.05) is 45.8 Å². The molecule has 1 aliphatic heterocycles. The average Bonchev–Trinajstić information content (AvgIpc) is 2.45. The summed E-state index contributed by atoms with van der Waals surface area (Å²) in [5, 5.41) is 0. The van der Waals surface area contributed by atoms with Gasteiger partial charge >= 0.3 is 0 Å². The number of hydrogen-bond acceptors (Lipinski definition) is 4. The van der Waals surface area contributed by atoms with E-state index in [0.29, 0.717) is 0 Å². The number of pyridine rings is 1. The summed E-state index contributed by atoms with van der Waals surface area (Å²) in [5.41, 5.74) is 6.88. The third-order valence-electron chi connectivity index (χ3n) is 3.58. The highest BCUT2D eigenvalue weighted by Crippen LogP contribution is 2.05. The molecule has 2 N–H and O–H groups in total. The highest BCUT2D eigenvalue weighted by atomic mass is 15.3. The van der Waals surface area contributed by atoms with E-state index in [1.54, 1.807) is 0 Å². The minimum atomic E-state index is 0.807. The van der Waals surface area contributed by atoms with Crippen molar-refractivity contribution < 1.29 is 0 Å². The van der Waals surface area contributed by atoms with Crippen molar-refractivity contribution in [3.8, 4) is 0 Å². The van der Waals surface area contributed by atoms with E-state index in [2.05, 4.69) is 20.9 Å². The van der Waals surface area contributed by atoms with E-state index in [1.165, 1.54) is 31.7 Å². The molecule has 4 heteroatoms. The van der Waals surface area contributed by atoms with Gasteiger partial charge in [-0.15, -0.1) is 0 Å². The Morgan fingerprint density at radius 3 is 2.44 bits per heavy atom. The number of nitrogens with zero attached hydrogens (tertiary/aromatic N) is 3. The van der Waals surface area contributed by atoms with Gasteiger partial charge in [0.1, 0.15) is 0 Å². The second kappa shape index (κ2) is 7.46. The van der Waals surface area contributed by atoms with E-state index in [9.17, 15) is 0 Å². The molecule has 1 aliphatic rings. The minimum Gasteiger partial charge on any atom is -0.330 e. The van der Waals surface area contributed by atoms with Gasteiger partial charge in [0.25, 0.3) is 0 Å². The van der Waals surface area contributed by atoms with E-state index in [4.69, 9.17) is 5.73 Å². The third kappa shape index (κ3) is 4.37. The Kier molecular flexibility index (Phi) is 5.58. The normalized spacial score (nSPS) is 18.1. The van der Waals surface area contributed by atoms with Gasteiger partial charge < -0.3 is 15.5 Å². The zero-order valence-corrected chi connectivity index (χ0v) is 11.1. The molecule has 1 aromatic heterocycles. The molecule has 1 saturated heterocycles. The lowest BCUT2D eigenvalue weighted by Gasteiger charge is -2.34. The third-order valence-corrected chi connectivity index (χ3v) is 3.58. The smallest absolute Gasteiger partial charge is 0.0300 e. The zero-order chi connectivity index (χ0) is 12.6. The molecule has 0 bridgehead atoms. The highest BCUT2D eigenvalue weighted by Gasteiger charge is 2.15. The van der Waals surface area contributed by atoms with Crippen LogP contribution in [0.5, 0.6) is 0 Å². The summed E-state index contributed by atoms with van der Waals surface area (Å²) in [6, 6.07) is 4.17. The van der Waals surface area contributed by atoms with Crippen molar-refractivity contribution in [2.24, 2.45) is 5.73 Å². The van der Waals surface area contributed by atoms with Crippen LogP contribution in [0.15, 0.2) is 24.5 Å². The molecule has 0 spiro atoms. The number of rotatable bonds is 6. The molecule has 0 unspecified atom stereocenters. The largest absolute Gasteiger partial charge is 0.330 e. The molecule has 100 valence electrons. The summed E-state index contributed by atoms with van der Waals surface area (Å²) < 4.78 is 0. The van der Waals surface area contributed by atoms with Crippen molar-refractivity contribution in [2.45, 2.75) is 12.8 Å². The van der Waals surface area contributed by atoms with Gasteiger partial charge in [-0.05, 0) is 37.6 Å². The molecule has 0 radical (unpaired) electrons. The minimum absolute atomic E-state index is 0.807. The standard InChI is InChI=1S/C14H24N4/c15-5-2-7-17-9-11-18(12-10-17)8-4-14-3-1-6-16-13-14/h1,3,6,13H,2,4-5,7-12,15H2. The Morgan fingerprint density at radius 2 is 1.83 bits per heavy atom. The van der Waals surface area contributed by atoms with Gasteiger partial charge in [0.2, 0.25) is 0 Å². The maximum Gasteiger partial charge on any atom is 0.0300 e. The van der Waals surface area contributed by atoms with Crippen LogP contribution in [0, 0.1) is 0 Å². The fraction of sp³-hybridized carbons (Fsp3) is 0.643. The SMILES string of the molecule is NCCCN1CCN(CCc2cccnc2)CC1. The van der Waals surface area contributed by atoms with E-state index >= 15 is 0 Å². The van der Waals surface area contributed by atoms with Crippen LogP contribution in [-0.4, -0.2) is 60.6 Å². The van der Waals surface area contributed by atoms with Crippen molar-refractivity contribution in [3.05, 3.63) is 30.1 Å². The van der Waals surface area contributed by atoms with Crippen LogP contribution in [0.3, 0.4) is 0 Å². The molecule has 1 fully saturated rings. The lowest BCUT2D eigenvalue weighted by molar-refractivity contribution is 0.133. The van der Waals surface area contributed by atoms with Gasteiger partial charge in [-0.3, -0.25) is 4.98 Å². The first-order chi connectivity index (χ1) is 8.88. The van der Waals surface area contributed by atoms with Gasteiger partial charge in [-0.1, -0.05) is 6.07 Å². The lowest BCUT2D eigenvalue weighted by atomic mass is 10.2. The molecule has 2 heterocycles. The summed E-state index contributed by atoms with van der Waals surface area (Å²) in [5.74, 6) is 0. The van der Waals surface area contributed by atoms with Crippen LogP contribution < -0.4 is 5.73 Å². The molecule has 0 amide bonds. The first-order valence-electron chi connectivity index (χ1n) is 6.92. The summed E-state index contributed by atoms with van der Waals surface area (Å²) >= 11 is 0. The van der Waals surface area contributed by atoms with Crippen LogP contribution in [0.25, 0.3) is 0 Å². The maximum atomic E-state index is 5.54. The maximum absolute atomic E-state index is 5.54. The van der Waals surface area contributed by atoms with Crippen molar-refractivity contribution in [1.29, 1.82) is 0 Å². The Balaban J connectivity index is 1.65. The van der Waals surface area contributed by atoms with E-state index in [0.717, 1.165) is 32.5 Å². The Hall–Kier alpha value is -0.970. The fourth-order valence-electron chi connectivity index (χ4n) is 2.38. The first-order valence-corrected chi connectivity index (χ1v) is 6.92. The van der Waals surface area contributed by atoms with Gasteiger partial charge in [0.15, 0.2) is 0 Å². The fourth-order valence-corrected chi connectivity index (χ4v) is 2.38. The average molecular weight is 248 g/mol. The lowest BCUT2D eigenvalue weighted by Crippen LogP contribution is -2.47. The summed E-state index contributed by atoms with van der Waals surface area (Å²) in [6.07, 6.45) is 6.03. The van der Waals surface area contributed by atoms with Gasteiger partial charge in [-0.25, -0.2) is 0 Å². The Labute approximate surface area is 110 Å². The van der Waals surface area contributed by atoms with E-state index in [-0.39, 0.29) is 0 Å². The summed E-state index contributed by atoms with van der Waals surface area (Å²) in [7, 11) is 0. The molecule has 2 rings (SSSR count). The van der Waals surface area contributed by atoms with Crippen LogP contribution in [0.4, 0.5) is 0 Å². The van der Waals surface area contributed by atoms with Crippen LogP contribution in [0.1, 0.15) is 12.0 Å². The molecule has 0 atom stereocenters. The van der Waals surface area contributed by atoms with Gasteiger partial charge in [-0.2, -0.15) is 0 Å². The summed E-state index contributed by atoms with van der Waals surface area (Å²) in [4.78, 5) is 9.22. The Morgan fingerprint density at radius 1 is 1.11 bits per heavy atom. The van der Waals surface area contributed by atoms with E-state index in [1.807, 2.05) is 18.5 Å². The Bertz CT molecular complexity index is 320. The molecule has 0 saturated carbocycles. The van der Waals surface area contributed by atoms with Gasteiger partial charge in [0.05, 0.1) is 0 Å². The molecule has 0 aromatic carbocycles. The van der Waals surface area contributed by atoms with Gasteiger partial charge in [0, 0.05) is 45.1 Å². The van der Waals surface area contributed by atoms with E-state index < -0.39 is 0 Å². The second-order valence-electron chi connectivity index (χ2n) is 4.94. The van der Waals surface area contributed by atoms with Crippen LogP contribution >= 0.6 is 0 Å². The predicted octanol–water partition coefficient (Wildman–Crippen LogP) is 0.591. The topological polar surface area (TPSA) is 45.4 Å². The van der Waals surface area contributed by atoms with Crippen molar-refractivity contribution in [1.82, 2.24) is 14.8 Å². The molecule has 18 heavy (non-hydrogen) atoms. The molecule has 4 nitrogen and oxygen atoms in total. The second-order valence-corrected chi connectivity index (χ2v) is 4.94. The number of nitrogens with two attached hydrogens (primary N) is 1. The highest BCUT2D eigenvalue weighted by molar-refractivity contribution is 5.08. The summed E-state index contributed by atoms with van der Waals surface area (Å²) in [6.45, 7) is 7.86. The zero-order valence-electron chi connectivity index (χ0n) is 11.1. The molecular formula is C14H24N4. The quantitative estimate of drug-likeness (QED) is 0.800. The molecule has 1 aromatic rings. The molecule has 0 aliphatic carbocycles. The monoisotopic (exact) mass is 248 g/mol. The predicted molar refractivity (Wildman–Crippen MR) is 74.5 cm³/mol. The van der Waals surface area contributed by atoms with Crippen molar-refractivity contribution >= 4 is 0 Å². The number of piperazine rings is 1. The number of aromatic nitrogens is 1. The van der Waals surface area contributed by atoms with Crippen LogP contribution in [0.2, 0.25) is 0 Å². The molecular weight excluding hydrogens is 224 g/mol. The van der Waals surface area contributed by atoms with Crippen LogP contribution in [-0.2, 0) is 6.42 Å².